The van der Waals surface area contributed by atoms with Crippen LogP contribution in [0.15, 0.2) is 12.7 Å². The van der Waals surface area contributed by atoms with Crippen LogP contribution in [0.4, 0.5) is 0 Å². The number of aliphatic hydroxyl groups excluding tert-OH is 1. The smallest absolute Gasteiger partial charge is 0.169 e. The molecule has 3 aliphatic carbocycles. The molecule has 0 aromatic carbocycles. The van der Waals surface area contributed by atoms with Gasteiger partial charge in [-0.25, -0.2) is 0 Å². The van der Waals surface area contributed by atoms with Gasteiger partial charge in [0.05, 0.1) is 6.61 Å². The number of hydrogen-bond acceptors (Lipinski definition) is 6. The summed E-state index contributed by atoms with van der Waals surface area (Å²) in [5, 5.41) is 11.1. The van der Waals surface area contributed by atoms with E-state index >= 15 is 0 Å². The van der Waals surface area contributed by atoms with E-state index in [0.29, 0.717) is 6.61 Å². The molecule has 152 valence electrons. The van der Waals surface area contributed by atoms with Crippen molar-refractivity contribution in [2.24, 2.45) is 0 Å². The second-order valence-electron chi connectivity index (χ2n) is 8.85. The number of fused-ring (bicyclic) bond motifs is 2. The summed E-state index contributed by atoms with van der Waals surface area (Å²) >= 11 is 0. The van der Waals surface area contributed by atoms with Crippen molar-refractivity contribution >= 4 is 0 Å². The van der Waals surface area contributed by atoms with Crippen molar-refractivity contribution in [3.05, 3.63) is 12.7 Å². The Morgan fingerprint density at radius 2 is 1.22 bits per heavy atom. The van der Waals surface area contributed by atoms with Gasteiger partial charge in [-0.2, -0.15) is 0 Å². The molecule has 5 fully saturated rings. The monoisotopic (exact) mass is 380 g/mol. The van der Waals surface area contributed by atoms with Gasteiger partial charge in [0.2, 0.25) is 0 Å². The summed E-state index contributed by atoms with van der Waals surface area (Å²) in [7, 11) is 0. The molecule has 2 spiro atoms. The van der Waals surface area contributed by atoms with Crippen LogP contribution >= 0.6 is 0 Å². The van der Waals surface area contributed by atoms with E-state index in [0.717, 1.165) is 51.4 Å². The molecule has 2 unspecified atom stereocenters. The zero-order valence-corrected chi connectivity index (χ0v) is 16.0. The molecule has 0 radical (unpaired) electrons. The molecule has 0 amide bonds. The first-order valence-electron chi connectivity index (χ1n) is 10.8. The van der Waals surface area contributed by atoms with Crippen molar-refractivity contribution in [3.8, 4) is 0 Å². The number of aliphatic hydroxyl groups is 1. The maximum atomic E-state index is 11.1. The topological polar surface area (TPSA) is 66.4 Å². The van der Waals surface area contributed by atoms with Gasteiger partial charge in [0, 0.05) is 25.7 Å². The first kappa shape index (κ1) is 18.5. The highest BCUT2D eigenvalue weighted by Crippen LogP contribution is 2.51. The van der Waals surface area contributed by atoms with Gasteiger partial charge in [-0.05, 0) is 25.7 Å². The summed E-state index contributed by atoms with van der Waals surface area (Å²) in [6.07, 6.45) is 9.45. The van der Waals surface area contributed by atoms with E-state index in [1.54, 1.807) is 6.08 Å². The summed E-state index contributed by atoms with van der Waals surface area (Å²) in [6.45, 7) is 4.20. The molecule has 2 saturated heterocycles. The van der Waals surface area contributed by atoms with Gasteiger partial charge in [0.25, 0.3) is 0 Å². The van der Waals surface area contributed by atoms with E-state index in [1.165, 1.54) is 12.8 Å². The Morgan fingerprint density at radius 3 is 1.67 bits per heavy atom. The van der Waals surface area contributed by atoms with Crippen LogP contribution in [0, 0.1) is 0 Å². The lowest BCUT2D eigenvalue weighted by Gasteiger charge is -2.40. The second kappa shape index (κ2) is 7.08. The lowest BCUT2D eigenvalue weighted by molar-refractivity contribution is -0.225. The third-order valence-electron chi connectivity index (χ3n) is 7.01. The summed E-state index contributed by atoms with van der Waals surface area (Å²) in [6, 6.07) is 0. The second-order valence-corrected chi connectivity index (χ2v) is 8.85. The Bertz CT molecular complexity index is 511. The zero-order chi connectivity index (χ0) is 18.5. The predicted octanol–water partition coefficient (Wildman–Crippen LogP) is 2.82. The lowest BCUT2D eigenvalue weighted by atomic mass is 9.85. The highest BCUT2D eigenvalue weighted by Gasteiger charge is 2.66. The van der Waals surface area contributed by atoms with Crippen LogP contribution in [-0.2, 0) is 23.7 Å². The standard InChI is InChI=1S/C21H32O6/c1-2-13-23-17-18-15(24-20(26-18)9-5-3-6-10-20)14(22)16-19(17)27-21(25-16)11-7-4-8-12-21/h2,14-19,22H,1,3-13H2/t14?,15-,16+,17?,18-,19-/m1/s1. The molecular formula is C21H32O6. The van der Waals surface area contributed by atoms with E-state index < -0.39 is 29.9 Å². The van der Waals surface area contributed by atoms with E-state index in [4.69, 9.17) is 23.7 Å². The average Bonchev–Trinajstić information content (AvgIpc) is 3.23. The lowest BCUT2D eigenvalue weighted by Crippen LogP contribution is -2.62. The minimum atomic E-state index is -0.758. The van der Waals surface area contributed by atoms with Crippen LogP contribution in [0.2, 0.25) is 0 Å². The Labute approximate surface area is 161 Å². The summed E-state index contributed by atoms with van der Waals surface area (Å²) in [4.78, 5) is 0. The highest BCUT2D eigenvalue weighted by molar-refractivity contribution is 5.10. The molecular weight excluding hydrogens is 348 g/mol. The van der Waals surface area contributed by atoms with Crippen LogP contribution < -0.4 is 0 Å². The van der Waals surface area contributed by atoms with Crippen LogP contribution in [0.3, 0.4) is 0 Å². The first-order chi connectivity index (χ1) is 13.2. The fraction of sp³-hybridized carbons (Fsp3) is 0.905. The Kier molecular flexibility index (Phi) is 4.86. The molecule has 1 N–H and O–H groups in total. The highest BCUT2D eigenvalue weighted by atomic mass is 16.8. The average molecular weight is 380 g/mol. The fourth-order valence-electron chi connectivity index (χ4n) is 5.75. The third-order valence-corrected chi connectivity index (χ3v) is 7.01. The third kappa shape index (κ3) is 3.09. The Balaban J connectivity index is 1.41. The Morgan fingerprint density at radius 1 is 0.778 bits per heavy atom. The van der Waals surface area contributed by atoms with Gasteiger partial charge in [-0.15, -0.1) is 6.58 Å². The molecule has 3 saturated carbocycles. The molecule has 0 bridgehead atoms. The molecule has 2 heterocycles. The van der Waals surface area contributed by atoms with Crippen LogP contribution in [0.1, 0.15) is 64.2 Å². The number of ether oxygens (including phenoxy) is 5. The maximum absolute atomic E-state index is 11.1. The van der Waals surface area contributed by atoms with Gasteiger partial charge in [-0.1, -0.05) is 18.9 Å². The SMILES string of the molecule is C=CCOC1[C@@H]2OC3(CCCCC3)O[C@@H]2C(O)[C@@H]2OC3(CCCCC3)O[C@@H]12. The molecule has 5 rings (SSSR count). The van der Waals surface area contributed by atoms with Gasteiger partial charge in [0.15, 0.2) is 11.6 Å². The van der Waals surface area contributed by atoms with Crippen molar-refractivity contribution in [2.75, 3.05) is 6.61 Å². The zero-order valence-electron chi connectivity index (χ0n) is 16.0. The molecule has 5 aliphatic rings. The summed E-state index contributed by atoms with van der Waals surface area (Å²) in [5.74, 6) is -1.16. The molecule has 6 heteroatoms. The molecule has 6 atom stereocenters. The molecule has 0 aromatic rings. The van der Waals surface area contributed by atoms with Crippen LogP contribution in [-0.4, -0.2) is 59.9 Å². The van der Waals surface area contributed by atoms with Crippen molar-refractivity contribution in [3.63, 3.8) is 0 Å². The van der Waals surface area contributed by atoms with Gasteiger partial charge in [-0.3, -0.25) is 0 Å². The normalized spacial score (nSPS) is 44.9. The van der Waals surface area contributed by atoms with Crippen LogP contribution in [0.25, 0.3) is 0 Å². The van der Waals surface area contributed by atoms with Gasteiger partial charge in [0.1, 0.15) is 36.6 Å². The maximum Gasteiger partial charge on any atom is 0.169 e. The van der Waals surface area contributed by atoms with Crippen molar-refractivity contribution in [1.29, 1.82) is 0 Å². The van der Waals surface area contributed by atoms with Crippen LogP contribution in [0.5, 0.6) is 0 Å². The van der Waals surface area contributed by atoms with E-state index in [2.05, 4.69) is 6.58 Å². The van der Waals surface area contributed by atoms with Crippen molar-refractivity contribution in [1.82, 2.24) is 0 Å². The van der Waals surface area contributed by atoms with E-state index in [-0.39, 0.29) is 18.3 Å². The summed E-state index contributed by atoms with van der Waals surface area (Å²) < 4.78 is 31.9. The van der Waals surface area contributed by atoms with E-state index in [9.17, 15) is 5.11 Å². The van der Waals surface area contributed by atoms with Gasteiger partial charge >= 0.3 is 0 Å². The largest absolute Gasteiger partial charge is 0.387 e. The Hall–Kier alpha value is -0.500. The minimum Gasteiger partial charge on any atom is -0.387 e. The molecule has 27 heavy (non-hydrogen) atoms. The number of rotatable bonds is 3. The molecule has 0 aromatic heterocycles. The van der Waals surface area contributed by atoms with Gasteiger partial charge < -0.3 is 28.8 Å². The first-order valence-corrected chi connectivity index (χ1v) is 10.8. The van der Waals surface area contributed by atoms with Crippen molar-refractivity contribution < 1.29 is 28.8 Å². The number of hydrogen-bond donors (Lipinski definition) is 1. The minimum absolute atomic E-state index is 0.316. The summed E-state index contributed by atoms with van der Waals surface area (Å²) in [5.41, 5.74) is 0. The fourth-order valence-corrected chi connectivity index (χ4v) is 5.75. The molecule has 2 aliphatic heterocycles. The quantitative estimate of drug-likeness (QED) is 0.760. The van der Waals surface area contributed by atoms with E-state index in [1.807, 2.05) is 0 Å². The molecule has 6 nitrogen and oxygen atoms in total. The van der Waals surface area contributed by atoms with Crippen molar-refractivity contribution in [2.45, 2.75) is 112 Å². The predicted molar refractivity (Wildman–Crippen MR) is 97.1 cm³/mol.